The lowest BCUT2D eigenvalue weighted by Gasteiger charge is -2.39. The number of carbonyl (C=O) groups excluding carboxylic acids is 3. The smallest absolute Gasteiger partial charge is 0.308 e. The molecule has 1 saturated heterocycles. The highest BCUT2D eigenvalue weighted by Gasteiger charge is 2.45. The van der Waals surface area contributed by atoms with Crippen molar-refractivity contribution in [1.82, 2.24) is 0 Å². The third-order valence-electron chi connectivity index (χ3n) is 9.37. The molecule has 3 aliphatic rings. The highest BCUT2D eigenvalue weighted by atomic mass is 16.7. The molecule has 3 aromatic rings. The number of rotatable bonds is 7. The quantitative estimate of drug-likeness (QED) is 0.110. The fourth-order valence-corrected chi connectivity index (χ4v) is 6.94. The number of esters is 1. The van der Waals surface area contributed by atoms with E-state index in [1.807, 2.05) is 30.3 Å². The topological polar surface area (TPSA) is 180 Å². The van der Waals surface area contributed by atoms with Gasteiger partial charge in [-0.25, -0.2) is 0 Å². The van der Waals surface area contributed by atoms with Crippen LogP contribution in [0.2, 0.25) is 0 Å². The molecule has 1 aliphatic heterocycles. The van der Waals surface area contributed by atoms with Crippen LogP contribution in [0.15, 0.2) is 42.5 Å². The number of aliphatic hydroxyl groups excluding tert-OH is 4. The van der Waals surface area contributed by atoms with E-state index in [0.717, 1.165) is 24.8 Å². The van der Waals surface area contributed by atoms with Gasteiger partial charge >= 0.3 is 5.97 Å². The van der Waals surface area contributed by atoms with Crippen LogP contribution in [0, 0.1) is 0 Å². The fraction of sp³-hybridized carbons (Fsp3) is 0.378. The van der Waals surface area contributed by atoms with Gasteiger partial charge < -0.3 is 39.7 Å². The lowest BCUT2D eigenvalue weighted by atomic mass is 9.75. The number of aliphatic hydroxyl groups is 4. The molecule has 0 aromatic heterocycles. The van der Waals surface area contributed by atoms with E-state index in [9.17, 15) is 39.9 Å². The van der Waals surface area contributed by atoms with Crippen molar-refractivity contribution < 1.29 is 54.1 Å². The number of fused-ring (bicyclic) bond motifs is 2. The average Bonchev–Trinajstić information content (AvgIpc) is 3.08. The van der Waals surface area contributed by atoms with Gasteiger partial charge in [0.25, 0.3) is 0 Å². The molecule has 5 atom stereocenters. The van der Waals surface area contributed by atoms with Gasteiger partial charge in [-0.05, 0) is 55.0 Å². The Balaban J connectivity index is 1.55. The fourth-order valence-electron chi connectivity index (χ4n) is 6.94. The maximum atomic E-state index is 14.6. The molecule has 5 N–H and O–H groups in total. The van der Waals surface area contributed by atoms with Gasteiger partial charge in [0.2, 0.25) is 6.29 Å². The summed E-state index contributed by atoms with van der Waals surface area (Å²) in [6.07, 6.45) is 0.242. The predicted molar refractivity (Wildman–Crippen MR) is 173 cm³/mol. The normalized spacial score (nSPS) is 24.3. The zero-order chi connectivity index (χ0) is 34.3. The van der Waals surface area contributed by atoms with Gasteiger partial charge in [0.1, 0.15) is 35.6 Å². The third kappa shape index (κ3) is 6.04. The number of hydrogen-bond acceptors (Lipinski definition) is 11. The van der Waals surface area contributed by atoms with Gasteiger partial charge in [0, 0.05) is 34.7 Å². The second-order valence-corrected chi connectivity index (χ2v) is 12.5. The predicted octanol–water partition coefficient (Wildman–Crippen LogP) is 4.01. The summed E-state index contributed by atoms with van der Waals surface area (Å²) in [5.41, 5.74) is 0.516. The number of phenolic OH excluding ortho intramolecular Hbond substituents is 1. The summed E-state index contributed by atoms with van der Waals surface area (Å²) in [7, 11) is 0. The SMILES string of the molecule is CC(=O)Oc1cc(CO)c2c(c1C=Cc1ccccc1)C(=O)c1cc(OC3OC(C)C(O)C(O)C3O)c(C3CCCCC3)c(O)c1C2=O. The van der Waals surface area contributed by atoms with E-state index in [1.54, 1.807) is 12.2 Å². The molecule has 0 radical (unpaired) electrons. The summed E-state index contributed by atoms with van der Waals surface area (Å²) < 4.78 is 17.3. The third-order valence-corrected chi connectivity index (χ3v) is 9.37. The molecule has 3 aromatic carbocycles. The molecule has 48 heavy (non-hydrogen) atoms. The first kappa shape index (κ1) is 33.5. The minimum Gasteiger partial charge on any atom is -0.507 e. The van der Waals surface area contributed by atoms with Crippen molar-refractivity contribution >= 4 is 29.7 Å². The maximum Gasteiger partial charge on any atom is 0.308 e. The largest absolute Gasteiger partial charge is 0.507 e. The van der Waals surface area contributed by atoms with Crippen LogP contribution in [0.1, 0.15) is 106 Å². The van der Waals surface area contributed by atoms with E-state index in [0.29, 0.717) is 12.8 Å². The number of benzene rings is 3. The molecule has 0 amide bonds. The van der Waals surface area contributed by atoms with Crippen LogP contribution in [0.5, 0.6) is 17.2 Å². The number of aromatic hydroxyl groups is 1. The summed E-state index contributed by atoms with van der Waals surface area (Å²) >= 11 is 0. The summed E-state index contributed by atoms with van der Waals surface area (Å²) in [6.45, 7) is 2.04. The molecule has 0 bridgehead atoms. The molecule has 1 heterocycles. The lowest BCUT2D eigenvalue weighted by Crippen LogP contribution is -2.58. The molecule has 6 rings (SSSR count). The standard InChI is InChI=1S/C37H38O11/c1-18-31(40)35(44)36(45)37(46-18)48-26-16-24-30(33(42)27(26)21-11-7-4-8-12-21)34(43)28-22(17-38)15-25(47-19(2)39)23(29(28)32(24)41)14-13-20-9-5-3-6-10-20/h3,5-6,9-10,13-16,18,21,31,35-38,40,42,44-45H,4,7-8,11-12,17H2,1-2H3. The van der Waals surface area contributed by atoms with Crippen LogP contribution in [-0.4, -0.2) is 73.8 Å². The molecule has 11 nitrogen and oxygen atoms in total. The Morgan fingerprint density at radius 1 is 0.896 bits per heavy atom. The Kier molecular flexibility index (Phi) is 9.50. The van der Waals surface area contributed by atoms with Crippen molar-refractivity contribution in [3.05, 3.63) is 87.0 Å². The molecular formula is C37H38O11. The summed E-state index contributed by atoms with van der Waals surface area (Å²) in [4.78, 5) is 41.1. The van der Waals surface area contributed by atoms with Crippen LogP contribution in [-0.2, 0) is 16.1 Å². The monoisotopic (exact) mass is 658 g/mol. The van der Waals surface area contributed by atoms with Crippen molar-refractivity contribution in [3.8, 4) is 17.2 Å². The van der Waals surface area contributed by atoms with Crippen LogP contribution in [0.3, 0.4) is 0 Å². The lowest BCUT2D eigenvalue weighted by molar-refractivity contribution is -0.268. The molecular weight excluding hydrogens is 620 g/mol. The Morgan fingerprint density at radius 2 is 1.60 bits per heavy atom. The molecule has 2 fully saturated rings. The van der Waals surface area contributed by atoms with E-state index < -0.39 is 60.6 Å². The second-order valence-electron chi connectivity index (χ2n) is 12.5. The summed E-state index contributed by atoms with van der Waals surface area (Å²) in [6, 6.07) is 11.8. The number of ketones is 2. The first-order valence-electron chi connectivity index (χ1n) is 16.1. The summed E-state index contributed by atoms with van der Waals surface area (Å²) in [5.74, 6) is -2.84. The highest BCUT2D eigenvalue weighted by Crippen LogP contribution is 2.49. The van der Waals surface area contributed by atoms with Crippen molar-refractivity contribution in [2.75, 3.05) is 0 Å². The zero-order valence-electron chi connectivity index (χ0n) is 26.6. The first-order chi connectivity index (χ1) is 23.0. The number of carbonyl (C=O) groups is 3. The van der Waals surface area contributed by atoms with Crippen LogP contribution in [0.4, 0.5) is 0 Å². The average molecular weight is 659 g/mol. The van der Waals surface area contributed by atoms with Gasteiger partial charge in [-0.3, -0.25) is 14.4 Å². The van der Waals surface area contributed by atoms with Crippen LogP contribution < -0.4 is 9.47 Å². The van der Waals surface area contributed by atoms with E-state index in [1.165, 1.54) is 26.0 Å². The Morgan fingerprint density at radius 3 is 2.27 bits per heavy atom. The van der Waals surface area contributed by atoms with Gasteiger partial charge in [-0.1, -0.05) is 55.7 Å². The van der Waals surface area contributed by atoms with Crippen molar-refractivity contribution in [1.29, 1.82) is 0 Å². The van der Waals surface area contributed by atoms with E-state index in [2.05, 4.69) is 0 Å². The van der Waals surface area contributed by atoms with E-state index in [4.69, 9.17) is 14.2 Å². The highest BCUT2D eigenvalue weighted by molar-refractivity contribution is 6.31. The van der Waals surface area contributed by atoms with Gasteiger partial charge in [0.15, 0.2) is 11.6 Å². The maximum absolute atomic E-state index is 14.6. The van der Waals surface area contributed by atoms with E-state index in [-0.39, 0.29) is 56.4 Å². The van der Waals surface area contributed by atoms with Gasteiger partial charge in [-0.15, -0.1) is 0 Å². The Bertz CT molecular complexity index is 1770. The Labute approximate surface area is 277 Å². The molecule has 1 saturated carbocycles. The molecule has 252 valence electrons. The van der Waals surface area contributed by atoms with Gasteiger partial charge in [-0.2, -0.15) is 0 Å². The minimum absolute atomic E-state index is 0.0116. The van der Waals surface area contributed by atoms with Crippen molar-refractivity contribution in [3.63, 3.8) is 0 Å². The molecule has 11 heteroatoms. The van der Waals surface area contributed by atoms with Crippen LogP contribution in [0.25, 0.3) is 12.2 Å². The van der Waals surface area contributed by atoms with E-state index >= 15 is 0 Å². The second kappa shape index (κ2) is 13.6. The number of phenols is 1. The minimum atomic E-state index is -1.67. The van der Waals surface area contributed by atoms with Crippen molar-refractivity contribution in [2.45, 2.75) is 89.2 Å². The number of ether oxygens (including phenoxy) is 3. The van der Waals surface area contributed by atoms with Crippen molar-refractivity contribution in [2.24, 2.45) is 0 Å². The molecule has 2 aliphatic carbocycles. The summed E-state index contributed by atoms with van der Waals surface area (Å²) in [5, 5.41) is 53.7. The zero-order valence-corrected chi connectivity index (χ0v) is 26.6. The van der Waals surface area contributed by atoms with Gasteiger partial charge in [0.05, 0.1) is 18.3 Å². The Hall–Kier alpha value is -4.39. The molecule has 0 spiro atoms. The molecule has 5 unspecified atom stereocenters. The van der Waals surface area contributed by atoms with Crippen LogP contribution >= 0.6 is 0 Å². The number of hydrogen-bond donors (Lipinski definition) is 5. The first-order valence-corrected chi connectivity index (χ1v) is 16.1.